The Morgan fingerprint density at radius 3 is 2.87 bits per heavy atom. The van der Waals surface area contributed by atoms with E-state index in [1.807, 2.05) is 12.4 Å². The Kier molecular flexibility index (Phi) is 4.34. The molecule has 1 aromatic rings. The molecule has 1 heterocycles. The lowest BCUT2D eigenvalue weighted by Crippen LogP contribution is -2.10. The lowest BCUT2D eigenvalue weighted by molar-refractivity contribution is 0.575. The number of imidazole rings is 1. The second kappa shape index (κ2) is 5.53. The fourth-order valence-electron chi connectivity index (χ4n) is 1.61. The SMILES string of the molecule is CC(C)c1nccn1CCCCC(=N)N. The Balaban J connectivity index is 2.37. The van der Waals surface area contributed by atoms with Crippen LogP contribution in [0.25, 0.3) is 0 Å². The Labute approximate surface area is 91.0 Å². The van der Waals surface area contributed by atoms with Crippen molar-refractivity contribution in [3.05, 3.63) is 18.2 Å². The highest BCUT2D eigenvalue weighted by Crippen LogP contribution is 2.12. The molecule has 0 aliphatic carbocycles. The monoisotopic (exact) mass is 208 g/mol. The molecule has 4 nitrogen and oxygen atoms in total. The van der Waals surface area contributed by atoms with Gasteiger partial charge in [-0.05, 0) is 12.8 Å². The average Bonchev–Trinajstić information content (AvgIpc) is 2.60. The highest BCUT2D eigenvalue weighted by molar-refractivity contribution is 5.76. The molecule has 0 radical (unpaired) electrons. The molecule has 0 aliphatic heterocycles. The van der Waals surface area contributed by atoms with Gasteiger partial charge in [-0.3, -0.25) is 5.41 Å². The first-order valence-electron chi connectivity index (χ1n) is 5.45. The topological polar surface area (TPSA) is 67.7 Å². The quantitative estimate of drug-likeness (QED) is 0.427. The molecule has 1 rings (SSSR count). The van der Waals surface area contributed by atoms with Gasteiger partial charge in [0.2, 0.25) is 0 Å². The van der Waals surface area contributed by atoms with Gasteiger partial charge in [-0.25, -0.2) is 4.98 Å². The number of nitrogens with one attached hydrogen (secondary N) is 1. The zero-order valence-corrected chi connectivity index (χ0v) is 9.53. The first-order chi connectivity index (χ1) is 7.11. The summed E-state index contributed by atoms with van der Waals surface area (Å²) in [5.74, 6) is 1.88. The minimum absolute atomic E-state index is 0.282. The summed E-state index contributed by atoms with van der Waals surface area (Å²) in [6, 6.07) is 0. The second-order valence-electron chi connectivity index (χ2n) is 4.12. The van der Waals surface area contributed by atoms with E-state index >= 15 is 0 Å². The molecule has 1 aromatic heterocycles. The summed E-state index contributed by atoms with van der Waals surface area (Å²) in [6.45, 7) is 5.27. The lowest BCUT2D eigenvalue weighted by atomic mass is 10.2. The zero-order valence-electron chi connectivity index (χ0n) is 9.53. The van der Waals surface area contributed by atoms with Crippen LogP contribution in [-0.2, 0) is 6.54 Å². The highest BCUT2D eigenvalue weighted by Gasteiger charge is 2.06. The fraction of sp³-hybridized carbons (Fsp3) is 0.636. The van der Waals surface area contributed by atoms with Gasteiger partial charge in [0.25, 0.3) is 0 Å². The van der Waals surface area contributed by atoms with Crippen molar-refractivity contribution in [1.29, 1.82) is 5.41 Å². The van der Waals surface area contributed by atoms with Crippen molar-refractivity contribution in [3.63, 3.8) is 0 Å². The molecule has 0 fully saturated rings. The predicted molar refractivity (Wildman–Crippen MR) is 62.1 cm³/mol. The lowest BCUT2D eigenvalue weighted by Gasteiger charge is -2.09. The Morgan fingerprint density at radius 1 is 1.53 bits per heavy atom. The van der Waals surface area contributed by atoms with E-state index in [9.17, 15) is 0 Å². The average molecular weight is 208 g/mol. The second-order valence-corrected chi connectivity index (χ2v) is 4.12. The van der Waals surface area contributed by atoms with Crippen LogP contribution >= 0.6 is 0 Å². The largest absolute Gasteiger partial charge is 0.388 e. The standard InChI is InChI=1S/C11H20N4/c1-9(2)11-14-6-8-15(11)7-4-3-5-10(12)13/h6,8-9H,3-5,7H2,1-2H3,(H3,12,13). The van der Waals surface area contributed by atoms with E-state index < -0.39 is 0 Å². The van der Waals surface area contributed by atoms with Crippen molar-refractivity contribution in [1.82, 2.24) is 9.55 Å². The van der Waals surface area contributed by atoms with Gasteiger partial charge in [0, 0.05) is 31.3 Å². The molecule has 0 saturated carbocycles. The first-order valence-corrected chi connectivity index (χ1v) is 5.45. The molecule has 0 aromatic carbocycles. The maximum Gasteiger partial charge on any atom is 0.111 e. The van der Waals surface area contributed by atoms with Crippen LogP contribution in [0.5, 0.6) is 0 Å². The van der Waals surface area contributed by atoms with Crippen molar-refractivity contribution in [2.24, 2.45) is 5.73 Å². The summed E-state index contributed by atoms with van der Waals surface area (Å²) in [5, 5.41) is 7.12. The zero-order chi connectivity index (χ0) is 11.3. The molecular formula is C11H20N4. The number of aryl methyl sites for hydroxylation is 1. The van der Waals surface area contributed by atoms with Crippen LogP contribution in [0.2, 0.25) is 0 Å². The van der Waals surface area contributed by atoms with Gasteiger partial charge in [-0.1, -0.05) is 13.8 Å². The molecule has 84 valence electrons. The number of rotatable bonds is 6. The van der Waals surface area contributed by atoms with Gasteiger partial charge in [-0.2, -0.15) is 0 Å². The van der Waals surface area contributed by atoms with Crippen LogP contribution in [-0.4, -0.2) is 15.4 Å². The third-order valence-electron chi connectivity index (χ3n) is 2.36. The summed E-state index contributed by atoms with van der Waals surface area (Å²) in [7, 11) is 0. The Morgan fingerprint density at radius 2 is 2.27 bits per heavy atom. The molecule has 15 heavy (non-hydrogen) atoms. The molecule has 0 saturated heterocycles. The van der Waals surface area contributed by atoms with Crippen LogP contribution in [0.4, 0.5) is 0 Å². The molecular weight excluding hydrogens is 188 g/mol. The van der Waals surface area contributed by atoms with Gasteiger partial charge in [-0.15, -0.1) is 0 Å². The van der Waals surface area contributed by atoms with Crippen molar-refractivity contribution >= 4 is 5.84 Å². The molecule has 0 aliphatic rings. The van der Waals surface area contributed by atoms with Gasteiger partial charge >= 0.3 is 0 Å². The maximum absolute atomic E-state index is 7.12. The normalized spacial score (nSPS) is 10.9. The number of hydrogen-bond donors (Lipinski definition) is 2. The summed E-state index contributed by atoms with van der Waals surface area (Å²) < 4.78 is 2.19. The van der Waals surface area contributed by atoms with Crippen molar-refractivity contribution in [3.8, 4) is 0 Å². The summed E-state index contributed by atoms with van der Waals surface area (Å²) >= 11 is 0. The summed E-state index contributed by atoms with van der Waals surface area (Å²) in [4.78, 5) is 4.33. The van der Waals surface area contributed by atoms with E-state index in [1.165, 1.54) is 0 Å². The summed E-state index contributed by atoms with van der Waals surface area (Å²) in [5.41, 5.74) is 5.29. The molecule has 4 heteroatoms. The fourth-order valence-corrected chi connectivity index (χ4v) is 1.61. The number of nitrogens with zero attached hydrogens (tertiary/aromatic N) is 2. The highest BCUT2D eigenvalue weighted by atomic mass is 15.1. The summed E-state index contributed by atoms with van der Waals surface area (Å²) in [6.07, 6.45) is 6.59. The van der Waals surface area contributed by atoms with Crippen molar-refractivity contribution in [2.75, 3.05) is 0 Å². The predicted octanol–water partition coefficient (Wildman–Crippen LogP) is 2.11. The number of amidine groups is 1. The van der Waals surface area contributed by atoms with Gasteiger partial charge in [0.1, 0.15) is 5.82 Å². The molecule has 0 atom stereocenters. The van der Waals surface area contributed by atoms with Crippen LogP contribution < -0.4 is 5.73 Å². The molecule has 3 N–H and O–H groups in total. The minimum atomic E-state index is 0.282. The molecule has 0 amide bonds. The Hall–Kier alpha value is -1.32. The van der Waals surface area contributed by atoms with Crippen LogP contribution in [0.15, 0.2) is 12.4 Å². The minimum Gasteiger partial charge on any atom is -0.388 e. The number of unbranched alkanes of at least 4 members (excludes halogenated alkanes) is 1. The first kappa shape index (κ1) is 11.8. The van der Waals surface area contributed by atoms with Crippen LogP contribution in [0, 0.1) is 5.41 Å². The van der Waals surface area contributed by atoms with E-state index in [0.717, 1.165) is 25.2 Å². The van der Waals surface area contributed by atoms with Gasteiger partial charge in [0.05, 0.1) is 5.84 Å². The van der Waals surface area contributed by atoms with Gasteiger partial charge in [0.15, 0.2) is 0 Å². The van der Waals surface area contributed by atoms with E-state index in [-0.39, 0.29) is 5.84 Å². The molecule has 0 spiro atoms. The number of aromatic nitrogens is 2. The van der Waals surface area contributed by atoms with E-state index in [1.54, 1.807) is 0 Å². The van der Waals surface area contributed by atoms with Crippen LogP contribution in [0.1, 0.15) is 44.9 Å². The van der Waals surface area contributed by atoms with E-state index in [4.69, 9.17) is 11.1 Å². The Bertz CT molecular complexity index is 314. The third kappa shape index (κ3) is 3.73. The molecule has 0 unspecified atom stereocenters. The van der Waals surface area contributed by atoms with Gasteiger partial charge < -0.3 is 10.3 Å². The molecule has 0 bridgehead atoms. The number of hydrogen-bond acceptors (Lipinski definition) is 2. The smallest absolute Gasteiger partial charge is 0.111 e. The third-order valence-corrected chi connectivity index (χ3v) is 2.36. The van der Waals surface area contributed by atoms with Crippen molar-refractivity contribution in [2.45, 2.75) is 45.6 Å². The van der Waals surface area contributed by atoms with Crippen molar-refractivity contribution < 1.29 is 0 Å². The maximum atomic E-state index is 7.12. The van der Waals surface area contributed by atoms with Crippen LogP contribution in [0.3, 0.4) is 0 Å². The number of nitrogens with two attached hydrogens (primary N) is 1. The van der Waals surface area contributed by atoms with E-state index in [2.05, 4.69) is 23.4 Å². The van der Waals surface area contributed by atoms with E-state index in [0.29, 0.717) is 12.3 Å².